The minimum atomic E-state index is -1.18. The van der Waals surface area contributed by atoms with E-state index in [0.717, 1.165) is 11.1 Å². The first-order chi connectivity index (χ1) is 24.4. The maximum absolute atomic E-state index is 13.7. The summed E-state index contributed by atoms with van der Waals surface area (Å²) in [6.45, 7) is -0.171. The first kappa shape index (κ1) is 41.1. The predicted molar refractivity (Wildman–Crippen MR) is 197 cm³/mol. The Hall–Kier alpha value is -4.28. The van der Waals surface area contributed by atoms with Gasteiger partial charge in [0.25, 0.3) is 0 Å². The smallest absolute Gasteiger partial charge is 0.326 e. The molecule has 0 bridgehead atoms. The molecule has 1 aliphatic rings. The minimum Gasteiger partial charge on any atom is -0.508 e. The Morgan fingerprint density at radius 1 is 0.824 bits per heavy atom. The molecule has 3 rings (SSSR count). The van der Waals surface area contributed by atoms with E-state index in [9.17, 15) is 39.0 Å². The van der Waals surface area contributed by atoms with Crippen molar-refractivity contribution in [2.24, 2.45) is 5.73 Å². The van der Waals surface area contributed by atoms with Crippen LogP contribution >= 0.6 is 23.5 Å². The Bertz CT molecular complexity index is 1480. The molecule has 0 radical (unpaired) electrons. The number of amides is 5. The third kappa shape index (κ3) is 13.4. The molecular weight excluding hydrogens is 697 g/mol. The van der Waals surface area contributed by atoms with E-state index in [2.05, 4.69) is 21.3 Å². The van der Waals surface area contributed by atoms with Gasteiger partial charge in [-0.25, -0.2) is 4.79 Å². The number of aromatic hydroxyl groups is 1. The van der Waals surface area contributed by atoms with Crippen LogP contribution in [-0.2, 0) is 41.6 Å². The van der Waals surface area contributed by atoms with Crippen molar-refractivity contribution in [2.75, 3.05) is 37.1 Å². The highest BCUT2D eigenvalue weighted by Gasteiger charge is 2.38. The number of carboxylic acid groups (broad SMARTS) is 1. The molecule has 16 heteroatoms. The summed E-state index contributed by atoms with van der Waals surface area (Å²) < 4.78 is 0. The lowest BCUT2D eigenvalue weighted by atomic mass is 10.0. The average Bonchev–Trinajstić information content (AvgIpc) is 3.61. The molecule has 0 aliphatic carbocycles. The van der Waals surface area contributed by atoms with Gasteiger partial charge in [0.05, 0.1) is 12.6 Å². The maximum Gasteiger partial charge on any atom is 0.326 e. The van der Waals surface area contributed by atoms with E-state index in [1.165, 1.54) is 40.6 Å². The molecule has 0 spiro atoms. The van der Waals surface area contributed by atoms with Crippen LogP contribution in [0.1, 0.15) is 36.8 Å². The van der Waals surface area contributed by atoms with Crippen molar-refractivity contribution in [3.63, 3.8) is 0 Å². The van der Waals surface area contributed by atoms with Gasteiger partial charge in [0.2, 0.25) is 29.5 Å². The topological polar surface area (TPSA) is 220 Å². The van der Waals surface area contributed by atoms with Gasteiger partial charge < -0.3 is 42.1 Å². The Labute approximate surface area is 306 Å². The van der Waals surface area contributed by atoms with Crippen molar-refractivity contribution in [1.29, 1.82) is 0 Å². The zero-order valence-corrected chi connectivity index (χ0v) is 30.5. The molecule has 278 valence electrons. The number of nitrogens with one attached hydrogen (secondary N) is 4. The highest BCUT2D eigenvalue weighted by molar-refractivity contribution is 7.98. The molecule has 51 heavy (non-hydrogen) atoms. The number of phenols is 1. The number of carbonyl (C=O) groups is 6. The van der Waals surface area contributed by atoms with Gasteiger partial charge in [0.15, 0.2) is 0 Å². The lowest BCUT2D eigenvalue weighted by Crippen LogP contribution is -2.58. The van der Waals surface area contributed by atoms with Crippen LogP contribution in [0, 0.1) is 0 Å². The molecule has 1 fully saturated rings. The van der Waals surface area contributed by atoms with Crippen molar-refractivity contribution in [2.45, 2.75) is 68.7 Å². The first-order valence-corrected chi connectivity index (χ1v) is 19.5. The molecule has 5 atom stereocenters. The molecule has 0 saturated carbocycles. The van der Waals surface area contributed by atoms with Crippen LogP contribution in [0.4, 0.5) is 0 Å². The number of rotatable bonds is 20. The number of hydrogen-bond donors (Lipinski definition) is 7. The van der Waals surface area contributed by atoms with E-state index in [-0.39, 0.29) is 31.4 Å². The predicted octanol–water partition coefficient (Wildman–Crippen LogP) is 0.657. The number of thioether (sulfide) groups is 2. The van der Waals surface area contributed by atoms with E-state index >= 15 is 0 Å². The summed E-state index contributed by atoms with van der Waals surface area (Å²) in [5.41, 5.74) is 7.74. The number of carboxylic acids is 1. The standard InChI is InChI=1S/C35H48N6O8S2/c1-50-17-14-26(39-33(46)29-9-6-16-41(29)34(47)25(36)19-23-10-12-24(42)13-11-23)32(45)40-28(20-22-7-4-3-5-8-22)31(44)37-21-30(43)38-27(35(48)49)15-18-51-2/h3-5,7-8,10-13,25-29,42H,6,9,14-21,36H2,1-2H3,(H,37,44)(H,38,43)(H,39,46)(H,40,45)(H,48,49). The molecule has 2 aromatic rings. The average molecular weight is 745 g/mol. The molecule has 2 aromatic carbocycles. The Balaban J connectivity index is 1.69. The monoisotopic (exact) mass is 744 g/mol. The van der Waals surface area contributed by atoms with Crippen LogP contribution in [0.5, 0.6) is 5.75 Å². The molecule has 1 heterocycles. The van der Waals surface area contributed by atoms with E-state index in [4.69, 9.17) is 5.73 Å². The highest BCUT2D eigenvalue weighted by Crippen LogP contribution is 2.20. The number of benzene rings is 2. The number of phenolic OH excluding ortho intramolecular Hbond substituents is 1. The van der Waals surface area contributed by atoms with Gasteiger partial charge in [-0.05, 0) is 79.4 Å². The number of nitrogens with two attached hydrogens (primary N) is 1. The molecule has 5 amide bonds. The maximum atomic E-state index is 13.7. The van der Waals surface area contributed by atoms with Crippen LogP contribution in [0.15, 0.2) is 54.6 Å². The van der Waals surface area contributed by atoms with Crippen molar-refractivity contribution in [1.82, 2.24) is 26.2 Å². The van der Waals surface area contributed by atoms with Gasteiger partial charge in [-0.15, -0.1) is 0 Å². The lowest BCUT2D eigenvalue weighted by molar-refractivity contribution is -0.142. The van der Waals surface area contributed by atoms with Crippen molar-refractivity contribution in [3.8, 4) is 5.75 Å². The SMILES string of the molecule is CSCCC(NC(=O)CNC(=O)C(Cc1ccccc1)NC(=O)C(CCSC)NC(=O)C1CCCN1C(=O)C(N)Cc1ccc(O)cc1)C(=O)O. The summed E-state index contributed by atoms with van der Waals surface area (Å²) in [5.74, 6) is -2.92. The number of aliphatic carboxylic acids is 1. The van der Waals surface area contributed by atoms with Crippen LogP contribution < -0.4 is 27.0 Å². The van der Waals surface area contributed by atoms with Gasteiger partial charge in [-0.1, -0.05) is 42.5 Å². The van der Waals surface area contributed by atoms with E-state index in [1.54, 1.807) is 36.4 Å². The Kier molecular flexibility index (Phi) is 17.1. The normalized spacial score (nSPS) is 16.3. The fraction of sp³-hybridized carbons (Fsp3) is 0.486. The molecule has 1 aliphatic heterocycles. The summed E-state index contributed by atoms with van der Waals surface area (Å²) in [6, 6.07) is 10.3. The van der Waals surface area contributed by atoms with Gasteiger partial charge in [0.1, 0.15) is 29.9 Å². The quantitative estimate of drug-likeness (QED) is 0.0999. The second kappa shape index (κ2) is 21.2. The van der Waals surface area contributed by atoms with Crippen LogP contribution in [0.25, 0.3) is 0 Å². The Morgan fingerprint density at radius 3 is 2.08 bits per heavy atom. The third-order valence-electron chi connectivity index (χ3n) is 8.37. The number of nitrogens with zero attached hydrogens (tertiary/aromatic N) is 1. The van der Waals surface area contributed by atoms with Gasteiger partial charge in [-0.3, -0.25) is 24.0 Å². The lowest BCUT2D eigenvalue weighted by Gasteiger charge is -2.29. The molecular formula is C35H48N6O8S2. The summed E-state index contributed by atoms with van der Waals surface area (Å²) in [6.07, 6.45) is 5.40. The zero-order chi connectivity index (χ0) is 37.3. The number of carbonyl (C=O) groups excluding carboxylic acids is 5. The number of hydrogen-bond acceptors (Lipinski definition) is 10. The van der Waals surface area contributed by atoms with Crippen LogP contribution in [0.3, 0.4) is 0 Å². The number of likely N-dealkylation sites (tertiary alicyclic amines) is 1. The van der Waals surface area contributed by atoms with Crippen molar-refractivity contribution >= 4 is 59.0 Å². The van der Waals surface area contributed by atoms with E-state index in [1.807, 2.05) is 18.6 Å². The van der Waals surface area contributed by atoms with Crippen LogP contribution in [0.2, 0.25) is 0 Å². The summed E-state index contributed by atoms with van der Waals surface area (Å²) >= 11 is 2.92. The van der Waals surface area contributed by atoms with Gasteiger partial charge >= 0.3 is 5.97 Å². The summed E-state index contributed by atoms with van der Waals surface area (Å²) in [7, 11) is 0. The second-order valence-electron chi connectivity index (χ2n) is 12.2. The molecule has 14 nitrogen and oxygen atoms in total. The molecule has 8 N–H and O–H groups in total. The zero-order valence-electron chi connectivity index (χ0n) is 28.8. The highest BCUT2D eigenvalue weighted by atomic mass is 32.2. The van der Waals surface area contributed by atoms with Crippen LogP contribution in [-0.4, -0.2) is 118 Å². The second-order valence-corrected chi connectivity index (χ2v) is 14.2. The fourth-order valence-corrected chi connectivity index (χ4v) is 6.56. The van der Waals surface area contributed by atoms with E-state index in [0.29, 0.717) is 30.9 Å². The molecule has 5 unspecified atom stereocenters. The fourth-order valence-electron chi connectivity index (χ4n) is 5.62. The largest absolute Gasteiger partial charge is 0.508 e. The molecule has 1 saturated heterocycles. The van der Waals surface area contributed by atoms with Crippen molar-refractivity contribution < 1.29 is 39.0 Å². The van der Waals surface area contributed by atoms with Gasteiger partial charge in [0, 0.05) is 13.0 Å². The van der Waals surface area contributed by atoms with Gasteiger partial charge in [-0.2, -0.15) is 23.5 Å². The third-order valence-corrected chi connectivity index (χ3v) is 9.66. The molecule has 0 aromatic heterocycles. The van der Waals surface area contributed by atoms with E-state index < -0.39 is 72.3 Å². The van der Waals surface area contributed by atoms with Crippen molar-refractivity contribution in [3.05, 3.63) is 65.7 Å². The summed E-state index contributed by atoms with van der Waals surface area (Å²) in [4.78, 5) is 79.6. The first-order valence-electron chi connectivity index (χ1n) is 16.7. The Morgan fingerprint density at radius 2 is 1.45 bits per heavy atom. The minimum absolute atomic E-state index is 0.0819. The summed E-state index contributed by atoms with van der Waals surface area (Å²) in [5, 5.41) is 29.4.